The number of aromatic amines is 1. The molecule has 3 N–H and O–H groups in total. The number of fused-ring (bicyclic) bond motifs is 1. The van der Waals surface area contributed by atoms with Gasteiger partial charge in [-0.25, -0.2) is 4.79 Å². The van der Waals surface area contributed by atoms with Crippen molar-refractivity contribution in [3.05, 3.63) is 51.8 Å². The van der Waals surface area contributed by atoms with Gasteiger partial charge in [0.05, 0.1) is 32.3 Å². The molecular formula is C19H15N3O5S2. The van der Waals surface area contributed by atoms with E-state index in [2.05, 4.69) is 10.3 Å². The topological polar surface area (TPSA) is 132 Å². The summed E-state index contributed by atoms with van der Waals surface area (Å²) in [7, 11) is 0. The van der Waals surface area contributed by atoms with Crippen LogP contribution < -0.4 is 10.9 Å². The highest BCUT2D eigenvalue weighted by molar-refractivity contribution is 8.02. The lowest BCUT2D eigenvalue weighted by molar-refractivity contribution is -0.113. The minimum atomic E-state index is -0.509. The lowest BCUT2D eigenvalue weighted by Gasteiger charge is -2.06. The molecule has 0 atom stereocenters. The lowest BCUT2D eigenvalue weighted by Crippen LogP contribution is -2.14. The number of pyridine rings is 1. The zero-order valence-corrected chi connectivity index (χ0v) is 16.8. The van der Waals surface area contributed by atoms with Crippen LogP contribution in [-0.2, 0) is 9.53 Å². The van der Waals surface area contributed by atoms with Crippen LogP contribution >= 0.6 is 23.1 Å². The van der Waals surface area contributed by atoms with Crippen molar-refractivity contribution in [2.45, 2.75) is 11.1 Å². The number of thiophene rings is 1. The van der Waals surface area contributed by atoms with Gasteiger partial charge in [-0.1, -0.05) is 0 Å². The highest BCUT2D eigenvalue weighted by Gasteiger charge is 2.17. The molecule has 2 heterocycles. The first-order valence-electron chi connectivity index (χ1n) is 8.41. The first-order chi connectivity index (χ1) is 13.9. The monoisotopic (exact) mass is 429 g/mol. The molecule has 10 heteroatoms. The molecule has 0 saturated heterocycles. The van der Waals surface area contributed by atoms with Gasteiger partial charge in [0.15, 0.2) is 0 Å². The molecule has 0 unspecified atom stereocenters. The second-order valence-electron chi connectivity index (χ2n) is 5.73. The van der Waals surface area contributed by atoms with Crippen LogP contribution in [-0.4, -0.2) is 34.3 Å². The molecule has 0 aliphatic heterocycles. The van der Waals surface area contributed by atoms with Crippen LogP contribution in [0.3, 0.4) is 0 Å². The van der Waals surface area contributed by atoms with Gasteiger partial charge in [-0.05, 0) is 31.2 Å². The van der Waals surface area contributed by atoms with Crippen molar-refractivity contribution in [3.8, 4) is 11.8 Å². The molecular weight excluding hydrogens is 414 g/mol. The smallest absolute Gasteiger partial charge is 0.338 e. The van der Waals surface area contributed by atoms with Crippen molar-refractivity contribution in [1.82, 2.24) is 4.98 Å². The number of ether oxygens (including phenoxy) is 1. The van der Waals surface area contributed by atoms with Gasteiger partial charge in [0, 0.05) is 11.8 Å². The molecule has 0 aliphatic rings. The molecule has 0 radical (unpaired) electrons. The van der Waals surface area contributed by atoms with Crippen molar-refractivity contribution < 1.29 is 19.4 Å². The Labute approximate surface area is 173 Å². The average molecular weight is 429 g/mol. The summed E-state index contributed by atoms with van der Waals surface area (Å²) in [5, 5.41) is 22.0. The third-order valence-corrected chi connectivity index (χ3v) is 6.23. The Balaban J connectivity index is 1.68. The minimum absolute atomic E-state index is 0.0200. The molecule has 0 spiro atoms. The number of esters is 1. The zero-order chi connectivity index (χ0) is 21.0. The van der Waals surface area contributed by atoms with Gasteiger partial charge in [0.2, 0.25) is 5.91 Å². The number of aromatic hydroxyl groups is 1. The van der Waals surface area contributed by atoms with E-state index in [1.165, 1.54) is 0 Å². The Morgan fingerprint density at radius 3 is 2.72 bits per heavy atom. The van der Waals surface area contributed by atoms with E-state index in [-0.39, 0.29) is 35.1 Å². The Kier molecular flexibility index (Phi) is 6.21. The van der Waals surface area contributed by atoms with Gasteiger partial charge in [-0.3, -0.25) is 9.59 Å². The molecule has 3 aromatic rings. The quantitative estimate of drug-likeness (QED) is 0.405. The average Bonchev–Trinajstić information content (AvgIpc) is 3.05. The summed E-state index contributed by atoms with van der Waals surface area (Å²) in [6, 6.07) is 9.35. The number of benzene rings is 1. The highest BCUT2D eigenvalue weighted by atomic mass is 32.2. The maximum Gasteiger partial charge on any atom is 0.338 e. The van der Waals surface area contributed by atoms with Gasteiger partial charge in [0.1, 0.15) is 17.4 Å². The number of H-pyrrole nitrogens is 1. The second-order valence-corrected chi connectivity index (χ2v) is 8.00. The van der Waals surface area contributed by atoms with E-state index >= 15 is 0 Å². The van der Waals surface area contributed by atoms with E-state index in [4.69, 9.17) is 4.74 Å². The summed E-state index contributed by atoms with van der Waals surface area (Å²) in [6.07, 6.45) is 0. The number of nitrogens with one attached hydrogen (secondary N) is 2. The fraction of sp³-hybridized carbons (Fsp3) is 0.158. The highest BCUT2D eigenvalue weighted by Crippen LogP contribution is 2.39. The maximum atomic E-state index is 12.2. The Hall–Kier alpha value is -3.29. The molecule has 3 rings (SSSR count). The van der Waals surface area contributed by atoms with E-state index in [0.29, 0.717) is 20.2 Å². The molecule has 1 aromatic carbocycles. The minimum Gasteiger partial charge on any atom is -0.506 e. The predicted molar refractivity (Wildman–Crippen MR) is 111 cm³/mol. The molecule has 0 aliphatic carbocycles. The molecule has 29 heavy (non-hydrogen) atoms. The van der Waals surface area contributed by atoms with Gasteiger partial charge in [0.25, 0.3) is 5.56 Å². The third kappa shape index (κ3) is 4.59. The second kappa shape index (κ2) is 8.81. The summed E-state index contributed by atoms with van der Waals surface area (Å²) in [4.78, 5) is 37.9. The summed E-state index contributed by atoms with van der Waals surface area (Å²) in [6.45, 7) is 2.00. The van der Waals surface area contributed by atoms with Crippen LogP contribution in [0.5, 0.6) is 5.75 Å². The SMILES string of the molecule is CCOC(=O)c1ccc(NC(=O)CSc2sc3c(O)cc(=O)[nH]c3c2C#N)cc1. The van der Waals surface area contributed by atoms with Crippen LogP contribution in [0.15, 0.2) is 39.3 Å². The number of thioether (sulfide) groups is 1. The summed E-state index contributed by atoms with van der Waals surface area (Å²) in [5.41, 5.74) is 0.874. The molecule has 148 valence electrons. The number of carbonyl (C=O) groups excluding carboxylic acids is 2. The number of carbonyl (C=O) groups is 2. The van der Waals surface area contributed by atoms with E-state index in [1.807, 2.05) is 6.07 Å². The summed E-state index contributed by atoms with van der Waals surface area (Å²) < 4.78 is 5.81. The number of hydrogen-bond donors (Lipinski definition) is 3. The Bertz CT molecular complexity index is 1180. The summed E-state index contributed by atoms with van der Waals surface area (Å²) >= 11 is 2.26. The fourth-order valence-corrected chi connectivity index (χ4v) is 4.64. The van der Waals surface area contributed by atoms with E-state index < -0.39 is 11.5 Å². The lowest BCUT2D eigenvalue weighted by atomic mass is 10.2. The number of aromatic nitrogens is 1. The van der Waals surface area contributed by atoms with Gasteiger partial charge < -0.3 is 20.1 Å². The standard InChI is InChI=1S/C19H15N3O5S2/c1-2-27-18(26)10-3-5-11(6-4-10)21-15(25)9-28-19-12(8-20)16-17(29-19)13(23)7-14(24)22-16/h3-7H,2,9H2,1H3,(H,21,25)(H2,22,23,24). The number of nitriles is 1. The van der Waals surface area contributed by atoms with Gasteiger partial charge >= 0.3 is 5.97 Å². The van der Waals surface area contributed by atoms with Crippen LogP contribution in [0.25, 0.3) is 10.2 Å². The number of amides is 1. The number of hydrogen-bond acceptors (Lipinski definition) is 8. The van der Waals surface area contributed by atoms with Crippen LogP contribution in [0, 0.1) is 11.3 Å². The van der Waals surface area contributed by atoms with Gasteiger partial charge in [-0.15, -0.1) is 23.1 Å². The van der Waals surface area contributed by atoms with E-state index in [1.54, 1.807) is 31.2 Å². The maximum absolute atomic E-state index is 12.2. The third-order valence-electron chi connectivity index (χ3n) is 3.75. The largest absolute Gasteiger partial charge is 0.506 e. The molecule has 0 bridgehead atoms. The molecule has 0 fully saturated rings. The zero-order valence-electron chi connectivity index (χ0n) is 15.1. The molecule has 8 nitrogen and oxygen atoms in total. The van der Waals surface area contributed by atoms with Crippen LogP contribution in [0.2, 0.25) is 0 Å². The van der Waals surface area contributed by atoms with Gasteiger partial charge in [-0.2, -0.15) is 5.26 Å². The first-order valence-corrected chi connectivity index (χ1v) is 10.2. The van der Waals surface area contributed by atoms with E-state index in [9.17, 15) is 24.8 Å². The molecule has 2 aromatic heterocycles. The molecule has 0 saturated carbocycles. The number of rotatable bonds is 6. The van der Waals surface area contributed by atoms with E-state index in [0.717, 1.165) is 29.2 Å². The Morgan fingerprint density at radius 2 is 2.07 bits per heavy atom. The summed E-state index contributed by atoms with van der Waals surface area (Å²) in [5.74, 6) is -0.927. The van der Waals surface area contributed by atoms with Crippen molar-refractivity contribution in [2.24, 2.45) is 0 Å². The number of nitrogens with zero attached hydrogens (tertiary/aromatic N) is 1. The number of anilines is 1. The first kappa shape index (κ1) is 20.4. The van der Waals surface area contributed by atoms with Crippen LogP contribution in [0.1, 0.15) is 22.8 Å². The predicted octanol–water partition coefficient (Wildman–Crippen LogP) is 3.07. The fourth-order valence-electron chi connectivity index (χ4n) is 2.49. The van der Waals surface area contributed by atoms with Crippen molar-refractivity contribution in [2.75, 3.05) is 17.7 Å². The van der Waals surface area contributed by atoms with Crippen molar-refractivity contribution in [3.63, 3.8) is 0 Å². The Morgan fingerprint density at radius 1 is 1.34 bits per heavy atom. The van der Waals surface area contributed by atoms with Crippen LogP contribution in [0.4, 0.5) is 5.69 Å². The molecule has 1 amide bonds. The normalized spacial score (nSPS) is 10.5. The van der Waals surface area contributed by atoms with Crippen molar-refractivity contribution in [1.29, 1.82) is 5.26 Å². The van der Waals surface area contributed by atoms with Crippen molar-refractivity contribution >= 4 is 50.9 Å².